The van der Waals surface area contributed by atoms with E-state index in [1.54, 1.807) is 0 Å². The van der Waals surface area contributed by atoms with Gasteiger partial charge in [0.15, 0.2) is 0 Å². The fourth-order valence-corrected chi connectivity index (χ4v) is 2.07. The van der Waals surface area contributed by atoms with Crippen molar-refractivity contribution in [1.82, 2.24) is 6.15 Å². The van der Waals surface area contributed by atoms with Gasteiger partial charge in [-0.3, -0.25) is 4.18 Å². The molecule has 0 aromatic rings. The van der Waals surface area contributed by atoms with E-state index in [1.165, 1.54) is 44.9 Å². The van der Waals surface area contributed by atoms with Gasteiger partial charge in [0.2, 0.25) is 10.4 Å². The van der Waals surface area contributed by atoms with Crippen LogP contribution in [0.4, 0.5) is 0 Å². The molecule has 0 rings (SSSR count). The summed E-state index contributed by atoms with van der Waals surface area (Å²) in [6, 6.07) is 0. The van der Waals surface area contributed by atoms with E-state index in [9.17, 15) is 13.0 Å². The number of hydrogen-bond acceptors (Lipinski definition) is 4. The zero-order valence-electron chi connectivity index (χ0n) is 12.3. The van der Waals surface area contributed by atoms with E-state index in [2.05, 4.69) is 11.1 Å². The van der Waals surface area contributed by atoms with Gasteiger partial charge in [-0.25, -0.2) is 8.42 Å². The molecule has 0 atom stereocenters. The number of quaternary nitrogens is 1. The van der Waals surface area contributed by atoms with Crippen molar-refractivity contribution in [1.29, 1.82) is 0 Å². The highest BCUT2D eigenvalue weighted by molar-refractivity contribution is 7.80. The number of rotatable bonds is 12. The van der Waals surface area contributed by atoms with E-state index in [0.29, 0.717) is 6.42 Å². The molecule has 120 valence electrons. The molecule has 0 saturated heterocycles. The molecule has 6 N–H and O–H groups in total. The summed E-state index contributed by atoms with van der Waals surface area (Å²) >= 11 is 0. The van der Waals surface area contributed by atoms with E-state index in [1.807, 2.05) is 0 Å². The maximum absolute atomic E-state index is 10.1. The van der Waals surface area contributed by atoms with Crippen molar-refractivity contribution in [3.8, 4) is 0 Å². The van der Waals surface area contributed by atoms with E-state index >= 15 is 0 Å². The summed E-state index contributed by atoms with van der Waals surface area (Å²) in [6.07, 6.45) is 11.7. The van der Waals surface area contributed by atoms with Gasteiger partial charge < -0.3 is 16.2 Å². The fourth-order valence-electron chi connectivity index (χ4n) is 1.75. The third-order valence-corrected chi connectivity index (χ3v) is 3.18. The standard InChI is InChI=1S/C12H26O4S.H3N.H2O/c1-2-3-4-5-6-7-8-9-10-11-12-16-17(13,14)15;;/h2-12H2,1H3,(H,13,14,15);1H3;1H2. The second-order valence-electron chi connectivity index (χ2n) is 4.41. The van der Waals surface area contributed by atoms with Crippen LogP contribution in [0.2, 0.25) is 0 Å². The molecule has 0 amide bonds. The van der Waals surface area contributed by atoms with Crippen molar-refractivity contribution in [3.63, 3.8) is 0 Å². The predicted octanol–water partition coefficient (Wildman–Crippen LogP) is 2.94. The molecule has 0 saturated carbocycles. The summed E-state index contributed by atoms with van der Waals surface area (Å²) < 4.78 is 34.5. The molecule has 19 heavy (non-hydrogen) atoms. The van der Waals surface area contributed by atoms with E-state index < -0.39 is 10.4 Å². The van der Waals surface area contributed by atoms with Crippen molar-refractivity contribution in [3.05, 3.63) is 0 Å². The van der Waals surface area contributed by atoms with Gasteiger partial charge in [-0.1, -0.05) is 64.7 Å². The molecular formula is C12H31NO5S. The molecule has 0 heterocycles. The van der Waals surface area contributed by atoms with Crippen LogP contribution in [-0.2, 0) is 14.6 Å². The maximum Gasteiger partial charge on any atom is 0.217 e. The largest absolute Gasteiger partial charge is 0.726 e. The van der Waals surface area contributed by atoms with Crippen LogP contribution in [0.25, 0.3) is 0 Å². The predicted molar refractivity (Wildman–Crippen MR) is 77.1 cm³/mol. The molecule has 7 heteroatoms. The molecule has 0 aliphatic heterocycles. The summed E-state index contributed by atoms with van der Waals surface area (Å²) in [5.74, 6) is 0. The van der Waals surface area contributed by atoms with Crippen molar-refractivity contribution < 1.29 is 22.6 Å². The highest BCUT2D eigenvalue weighted by Crippen LogP contribution is 2.10. The quantitative estimate of drug-likeness (QED) is 0.336. The van der Waals surface area contributed by atoms with Gasteiger partial charge in [-0.2, -0.15) is 0 Å². The van der Waals surface area contributed by atoms with Crippen LogP contribution < -0.4 is 6.15 Å². The minimum absolute atomic E-state index is 0. The maximum atomic E-state index is 10.1. The lowest BCUT2D eigenvalue weighted by molar-refractivity contribution is 0.255. The van der Waals surface area contributed by atoms with Gasteiger partial charge >= 0.3 is 0 Å². The third-order valence-electron chi connectivity index (χ3n) is 2.73. The first-order valence-corrected chi connectivity index (χ1v) is 8.00. The van der Waals surface area contributed by atoms with Gasteiger partial charge in [0, 0.05) is 0 Å². The lowest BCUT2D eigenvalue weighted by Crippen LogP contribution is -2.05. The molecule has 6 nitrogen and oxygen atoms in total. The van der Waals surface area contributed by atoms with Gasteiger partial charge in [-0.15, -0.1) is 0 Å². The van der Waals surface area contributed by atoms with Gasteiger partial charge in [-0.05, 0) is 6.42 Å². The van der Waals surface area contributed by atoms with Gasteiger partial charge in [0.05, 0.1) is 6.61 Å². The molecule has 0 bridgehead atoms. The summed E-state index contributed by atoms with van der Waals surface area (Å²) in [6.45, 7) is 2.24. The van der Waals surface area contributed by atoms with Crippen LogP contribution >= 0.6 is 0 Å². The van der Waals surface area contributed by atoms with E-state index in [4.69, 9.17) is 0 Å². The van der Waals surface area contributed by atoms with E-state index in [0.717, 1.165) is 12.8 Å². The highest BCUT2D eigenvalue weighted by atomic mass is 32.3. The molecular weight excluding hydrogens is 270 g/mol. The monoisotopic (exact) mass is 301 g/mol. The normalized spacial score (nSPS) is 10.6. The molecule has 0 aliphatic carbocycles. The van der Waals surface area contributed by atoms with Crippen LogP contribution in [0.5, 0.6) is 0 Å². The zero-order chi connectivity index (χ0) is 13.0. The third kappa shape index (κ3) is 23.3. The van der Waals surface area contributed by atoms with Gasteiger partial charge in [0.25, 0.3) is 0 Å². The SMILES string of the molecule is CCCCCCCCCCCCOS(=O)(=O)[O-].O.[NH4+]. The summed E-state index contributed by atoms with van der Waals surface area (Å²) in [5.41, 5.74) is 0. The Labute approximate surface area is 117 Å². The molecule has 0 radical (unpaired) electrons. The molecule has 0 aliphatic rings. The van der Waals surface area contributed by atoms with Crippen molar-refractivity contribution in [2.24, 2.45) is 0 Å². The van der Waals surface area contributed by atoms with Crippen LogP contribution in [0.1, 0.15) is 71.1 Å². The van der Waals surface area contributed by atoms with Crippen LogP contribution in [0, 0.1) is 0 Å². The first-order chi connectivity index (χ1) is 8.06. The summed E-state index contributed by atoms with van der Waals surface area (Å²) in [4.78, 5) is 0. The Morgan fingerprint density at radius 2 is 1.21 bits per heavy atom. The second kappa shape index (κ2) is 15.8. The lowest BCUT2D eigenvalue weighted by Gasteiger charge is -2.06. The topological polar surface area (TPSA) is 134 Å². The average molecular weight is 301 g/mol. The molecule has 0 aromatic carbocycles. The van der Waals surface area contributed by atoms with Crippen molar-refractivity contribution in [2.75, 3.05) is 6.61 Å². The van der Waals surface area contributed by atoms with E-state index in [-0.39, 0.29) is 18.2 Å². The Kier molecular flexibility index (Phi) is 19.9. The van der Waals surface area contributed by atoms with Crippen molar-refractivity contribution in [2.45, 2.75) is 71.1 Å². The molecule has 0 spiro atoms. The summed E-state index contributed by atoms with van der Waals surface area (Å²) in [5, 5.41) is 0. The Hall–Kier alpha value is -0.210. The smallest absolute Gasteiger partial charge is 0.217 e. The van der Waals surface area contributed by atoms with Crippen molar-refractivity contribution >= 4 is 10.4 Å². The van der Waals surface area contributed by atoms with Gasteiger partial charge in [0.1, 0.15) is 0 Å². The molecule has 0 fully saturated rings. The number of hydrogen-bond donors (Lipinski definition) is 1. The van der Waals surface area contributed by atoms with Crippen LogP contribution in [0.15, 0.2) is 0 Å². The van der Waals surface area contributed by atoms with Crippen LogP contribution in [0.3, 0.4) is 0 Å². The first-order valence-electron chi connectivity index (χ1n) is 6.66. The minimum Gasteiger partial charge on any atom is -0.726 e. The Morgan fingerprint density at radius 3 is 1.58 bits per heavy atom. The minimum atomic E-state index is -4.48. The first kappa shape index (κ1) is 23.9. The zero-order valence-corrected chi connectivity index (χ0v) is 13.1. The highest BCUT2D eigenvalue weighted by Gasteiger charge is 1.95. The Balaban J connectivity index is -0.00000128. The Morgan fingerprint density at radius 1 is 0.842 bits per heavy atom. The lowest BCUT2D eigenvalue weighted by atomic mass is 10.1. The molecule has 0 aromatic heterocycles. The van der Waals surface area contributed by atoms with Crippen LogP contribution in [-0.4, -0.2) is 25.1 Å². The second-order valence-corrected chi connectivity index (χ2v) is 5.46. The Bertz CT molecular complexity index is 257. The fraction of sp³-hybridized carbons (Fsp3) is 1.00. The molecule has 0 unspecified atom stereocenters. The average Bonchev–Trinajstić information content (AvgIpc) is 2.24. The summed E-state index contributed by atoms with van der Waals surface area (Å²) in [7, 11) is -4.48. The number of unbranched alkanes of at least 4 members (excludes halogenated alkanes) is 9.